The molecule has 0 bridgehead atoms. The Bertz CT molecular complexity index is 157. The summed E-state index contributed by atoms with van der Waals surface area (Å²) < 4.78 is 5.95. The molecule has 0 saturated heterocycles. The lowest BCUT2D eigenvalue weighted by molar-refractivity contribution is 0.138. The van der Waals surface area contributed by atoms with Crippen LogP contribution in [-0.2, 0) is 4.43 Å². The molecule has 14 heavy (non-hydrogen) atoms. The van der Waals surface area contributed by atoms with Gasteiger partial charge in [0.25, 0.3) is 0 Å². The van der Waals surface area contributed by atoms with E-state index in [0.29, 0.717) is 5.54 Å². The molecule has 2 atom stereocenters. The van der Waals surface area contributed by atoms with Crippen LogP contribution in [-0.4, -0.2) is 25.6 Å². The molecule has 0 aromatic heterocycles. The first-order valence-corrected chi connectivity index (χ1v) is 8.65. The fraction of sp³-hybridized carbons (Fsp3) is 1.00. The highest BCUT2D eigenvalue weighted by Crippen LogP contribution is 2.29. The molecule has 0 unspecified atom stereocenters. The van der Waals surface area contributed by atoms with Crippen molar-refractivity contribution in [3.8, 4) is 0 Å². The summed E-state index contributed by atoms with van der Waals surface area (Å²) in [5.74, 6) is 0. The van der Waals surface area contributed by atoms with Gasteiger partial charge in [0, 0.05) is 11.6 Å². The van der Waals surface area contributed by atoms with Crippen molar-refractivity contribution in [3.63, 3.8) is 0 Å². The Morgan fingerprint density at radius 3 is 2.07 bits per heavy atom. The van der Waals surface area contributed by atoms with Gasteiger partial charge in [-0.05, 0) is 33.4 Å². The molecule has 0 fully saturated rings. The van der Waals surface area contributed by atoms with Crippen LogP contribution in [0.15, 0.2) is 0 Å². The summed E-state index contributed by atoms with van der Waals surface area (Å²) in [6.07, 6.45) is 2.00. The Labute approximate surface area is 89.8 Å². The average Bonchev–Trinajstić information content (AvgIpc) is 2.01. The standard InChI is InChI=1S/C11H26O2Si/c1-7-8-11(12)10(4)14(5,6)13-9(2)3/h9-12H,7-8H2,1-6H3/t10-,11-/m1/s1. The van der Waals surface area contributed by atoms with E-state index < -0.39 is 8.32 Å². The van der Waals surface area contributed by atoms with Crippen LogP contribution in [0.1, 0.15) is 40.5 Å². The smallest absolute Gasteiger partial charge is 0.192 e. The summed E-state index contributed by atoms with van der Waals surface area (Å²) in [5.41, 5.74) is 0.310. The summed E-state index contributed by atoms with van der Waals surface area (Å²) in [4.78, 5) is 0. The van der Waals surface area contributed by atoms with Gasteiger partial charge in [0.15, 0.2) is 8.32 Å². The molecule has 0 spiro atoms. The molecule has 1 N–H and O–H groups in total. The third-order valence-corrected chi connectivity index (χ3v) is 6.45. The summed E-state index contributed by atoms with van der Waals surface area (Å²) in [6, 6.07) is 0. The second kappa shape index (κ2) is 5.88. The molecular weight excluding hydrogens is 192 g/mol. The maximum Gasteiger partial charge on any atom is 0.192 e. The van der Waals surface area contributed by atoms with Crippen LogP contribution >= 0.6 is 0 Å². The fourth-order valence-corrected chi connectivity index (χ4v) is 4.25. The molecule has 3 heteroatoms. The molecule has 0 rings (SSSR count). The molecule has 0 aromatic rings. The van der Waals surface area contributed by atoms with E-state index in [1.165, 1.54) is 0 Å². The van der Waals surface area contributed by atoms with E-state index in [1.54, 1.807) is 0 Å². The molecular formula is C11H26O2Si. The van der Waals surface area contributed by atoms with Crippen molar-refractivity contribution in [2.75, 3.05) is 0 Å². The largest absolute Gasteiger partial charge is 0.415 e. The van der Waals surface area contributed by atoms with Crippen LogP contribution in [0.4, 0.5) is 0 Å². The molecule has 0 aromatic carbocycles. The lowest BCUT2D eigenvalue weighted by Crippen LogP contribution is -2.42. The fourth-order valence-electron chi connectivity index (χ4n) is 1.72. The Kier molecular flexibility index (Phi) is 5.94. The highest BCUT2D eigenvalue weighted by molar-refractivity contribution is 6.72. The maximum atomic E-state index is 9.92. The lowest BCUT2D eigenvalue weighted by atomic mass is 10.1. The first kappa shape index (κ1) is 14.1. The number of aliphatic hydroxyl groups excluding tert-OH is 1. The number of hydrogen-bond acceptors (Lipinski definition) is 2. The van der Waals surface area contributed by atoms with E-state index >= 15 is 0 Å². The molecule has 0 aliphatic heterocycles. The van der Waals surface area contributed by atoms with Crippen LogP contribution in [0, 0.1) is 0 Å². The lowest BCUT2D eigenvalue weighted by Gasteiger charge is -2.34. The van der Waals surface area contributed by atoms with Crippen molar-refractivity contribution in [3.05, 3.63) is 0 Å². The normalized spacial score (nSPS) is 17.1. The topological polar surface area (TPSA) is 29.5 Å². The highest BCUT2D eigenvalue weighted by Gasteiger charge is 2.35. The van der Waals surface area contributed by atoms with Crippen LogP contribution in [0.25, 0.3) is 0 Å². The molecule has 0 saturated carbocycles. The number of aliphatic hydroxyl groups is 1. The van der Waals surface area contributed by atoms with E-state index in [-0.39, 0.29) is 12.2 Å². The maximum absolute atomic E-state index is 9.92. The summed E-state index contributed by atoms with van der Waals surface area (Å²) in [7, 11) is -1.72. The second-order valence-corrected chi connectivity index (χ2v) is 9.27. The first-order valence-electron chi connectivity index (χ1n) is 5.67. The third-order valence-electron chi connectivity index (χ3n) is 2.80. The molecule has 0 heterocycles. The molecule has 0 amide bonds. The number of hydrogen-bond donors (Lipinski definition) is 1. The van der Waals surface area contributed by atoms with Crippen molar-refractivity contribution < 1.29 is 9.53 Å². The monoisotopic (exact) mass is 218 g/mol. The van der Waals surface area contributed by atoms with Gasteiger partial charge in [-0.1, -0.05) is 20.3 Å². The SMILES string of the molecule is CCC[C@@H](O)[C@@H](C)[Si](C)(C)OC(C)C. The zero-order valence-electron chi connectivity index (χ0n) is 10.5. The summed E-state index contributed by atoms with van der Waals surface area (Å²) in [5, 5.41) is 9.92. The summed E-state index contributed by atoms with van der Waals surface area (Å²) >= 11 is 0. The van der Waals surface area contributed by atoms with Gasteiger partial charge in [-0.2, -0.15) is 0 Å². The Morgan fingerprint density at radius 2 is 1.71 bits per heavy atom. The average molecular weight is 218 g/mol. The van der Waals surface area contributed by atoms with Crippen LogP contribution in [0.3, 0.4) is 0 Å². The van der Waals surface area contributed by atoms with Crippen molar-refractivity contribution >= 4 is 8.32 Å². The zero-order chi connectivity index (χ0) is 11.4. The van der Waals surface area contributed by atoms with Gasteiger partial charge >= 0.3 is 0 Å². The van der Waals surface area contributed by atoms with E-state index in [0.717, 1.165) is 12.8 Å². The van der Waals surface area contributed by atoms with Gasteiger partial charge < -0.3 is 9.53 Å². The second-order valence-electron chi connectivity index (χ2n) is 4.91. The predicted molar refractivity (Wildman–Crippen MR) is 64.0 cm³/mol. The number of rotatable bonds is 6. The highest BCUT2D eigenvalue weighted by atomic mass is 28.4. The minimum atomic E-state index is -1.72. The molecule has 2 nitrogen and oxygen atoms in total. The minimum absolute atomic E-state index is 0.194. The predicted octanol–water partition coefficient (Wildman–Crippen LogP) is 3.17. The van der Waals surface area contributed by atoms with Crippen molar-refractivity contribution in [2.24, 2.45) is 0 Å². The van der Waals surface area contributed by atoms with E-state index in [4.69, 9.17) is 4.43 Å². The van der Waals surface area contributed by atoms with Gasteiger partial charge in [0.05, 0.1) is 6.10 Å². The van der Waals surface area contributed by atoms with E-state index in [1.807, 2.05) is 0 Å². The Hall–Kier alpha value is 0.137. The summed E-state index contributed by atoms with van der Waals surface area (Å²) in [6.45, 7) is 12.7. The minimum Gasteiger partial charge on any atom is -0.415 e. The van der Waals surface area contributed by atoms with Crippen LogP contribution in [0.5, 0.6) is 0 Å². The van der Waals surface area contributed by atoms with Crippen LogP contribution < -0.4 is 0 Å². The van der Waals surface area contributed by atoms with Crippen molar-refractivity contribution in [1.29, 1.82) is 0 Å². The molecule has 86 valence electrons. The van der Waals surface area contributed by atoms with Gasteiger partial charge in [0.1, 0.15) is 0 Å². The Balaban J connectivity index is 4.25. The third kappa shape index (κ3) is 4.58. The van der Waals surface area contributed by atoms with E-state index in [9.17, 15) is 5.11 Å². The Morgan fingerprint density at radius 1 is 1.21 bits per heavy atom. The molecule has 0 aliphatic carbocycles. The van der Waals surface area contributed by atoms with Gasteiger partial charge in [-0.25, -0.2) is 0 Å². The quantitative estimate of drug-likeness (QED) is 0.694. The first-order chi connectivity index (χ1) is 6.31. The zero-order valence-corrected chi connectivity index (χ0v) is 11.5. The molecule has 0 radical (unpaired) electrons. The van der Waals surface area contributed by atoms with E-state index in [2.05, 4.69) is 40.8 Å². The van der Waals surface area contributed by atoms with Gasteiger partial charge in [-0.3, -0.25) is 0 Å². The van der Waals surface area contributed by atoms with Gasteiger partial charge in [-0.15, -0.1) is 0 Å². The van der Waals surface area contributed by atoms with Crippen molar-refractivity contribution in [1.82, 2.24) is 0 Å². The van der Waals surface area contributed by atoms with Crippen molar-refractivity contribution in [2.45, 2.75) is 71.4 Å². The van der Waals surface area contributed by atoms with Crippen LogP contribution in [0.2, 0.25) is 18.6 Å². The molecule has 0 aliphatic rings. The van der Waals surface area contributed by atoms with Gasteiger partial charge in [0.2, 0.25) is 0 Å².